The Kier molecular flexibility index (Phi) is 2.20. The van der Waals surface area contributed by atoms with Gasteiger partial charge in [0.05, 0.1) is 15.9 Å². The molecule has 0 saturated heterocycles. The van der Waals surface area contributed by atoms with Crippen LogP contribution in [-0.2, 0) is 6.42 Å². The van der Waals surface area contributed by atoms with Crippen LogP contribution in [0.25, 0.3) is 0 Å². The summed E-state index contributed by atoms with van der Waals surface area (Å²) in [4.78, 5) is 20.1. The zero-order chi connectivity index (χ0) is 11.9. The summed E-state index contributed by atoms with van der Waals surface area (Å²) >= 11 is 0. The van der Waals surface area contributed by atoms with E-state index in [0.717, 1.165) is 6.07 Å². The van der Waals surface area contributed by atoms with Crippen LogP contribution in [0.2, 0.25) is 0 Å². The maximum Gasteiger partial charge on any atom is 0.301 e. The fraction of sp³-hybridized carbons (Fsp3) is 0.250. The molecule has 0 unspecified atom stereocenters. The number of anilines is 1. The molecule has 0 radical (unpaired) electrons. The second-order valence-corrected chi connectivity index (χ2v) is 3.43. The number of nitro benzene ring substituents is 2. The summed E-state index contributed by atoms with van der Waals surface area (Å²) in [7, 11) is 0. The van der Waals surface area contributed by atoms with Crippen LogP contribution in [0.3, 0.4) is 0 Å². The number of nitrogens with two attached hydrogens (primary N) is 1. The van der Waals surface area contributed by atoms with E-state index >= 15 is 0 Å². The first kappa shape index (κ1) is 10.3. The predicted octanol–water partition coefficient (Wildman–Crippen LogP) is 0.739. The smallest absolute Gasteiger partial charge is 0.301 e. The maximum absolute atomic E-state index is 10.8. The average Bonchev–Trinajstić information content (AvgIpc) is 2.59. The normalized spacial score (nSPS) is 13.7. The van der Waals surface area contributed by atoms with E-state index in [9.17, 15) is 20.2 Å². The Hall–Kier alpha value is -2.22. The van der Waals surface area contributed by atoms with Gasteiger partial charge in [-0.2, -0.15) is 0 Å². The predicted molar refractivity (Wildman–Crippen MR) is 55.0 cm³/mol. The minimum atomic E-state index is -0.656. The van der Waals surface area contributed by atoms with Crippen LogP contribution in [0.5, 0.6) is 0 Å². The van der Waals surface area contributed by atoms with E-state index in [0.29, 0.717) is 18.5 Å². The number of nitro groups is 2. The van der Waals surface area contributed by atoms with E-state index in [2.05, 4.69) is 0 Å². The summed E-state index contributed by atoms with van der Waals surface area (Å²) in [5.74, 6) is 5.57. The number of non-ortho nitro benzene ring substituents is 1. The number of rotatable bonds is 2. The number of nitrogens with zero attached hydrogens (tertiary/aromatic N) is 3. The SMILES string of the molecule is NN1CCc2cc([N+](=O)[O-])cc([N+](=O)[O-])c21. The quantitative estimate of drug-likeness (QED) is 0.450. The van der Waals surface area contributed by atoms with Crippen LogP contribution < -0.4 is 10.9 Å². The third-order valence-electron chi connectivity index (χ3n) is 2.47. The van der Waals surface area contributed by atoms with E-state index in [1.807, 2.05) is 0 Å². The zero-order valence-corrected chi connectivity index (χ0v) is 8.12. The Balaban J connectivity index is 2.66. The van der Waals surface area contributed by atoms with Gasteiger partial charge in [-0.1, -0.05) is 0 Å². The maximum atomic E-state index is 10.8. The van der Waals surface area contributed by atoms with E-state index in [-0.39, 0.29) is 17.1 Å². The second kappa shape index (κ2) is 3.42. The van der Waals surface area contributed by atoms with Crippen molar-refractivity contribution in [3.05, 3.63) is 37.9 Å². The van der Waals surface area contributed by atoms with Crippen LogP contribution in [0.1, 0.15) is 5.56 Å². The van der Waals surface area contributed by atoms with Gasteiger partial charge in [0.1, 0.15) is 5.69 Å². The van der Waals surface area contributed by atoms with E-state index in [4.69, 9.17) is 5.84 Å². The number of hydrogen-bond donors (Lipinski definition) is 1. The first-order chi connectivity index (χ1) is 7.50. The highest BCUT2D eigenvalue weighted by Gasteiger charge is 2.30. The van der Waals surface area contributed by atoms with Crippen LogP contribution in [-0.4, -0.2) is 16.4 Å². The van der Waals surface area contributed by atoms with Gasteiger partial charge in [-0.15, -0.1) is 0 Å². The Labute approximate surface area is 89.5 Å². The molecule has 2 N–H and O–H groups in total. The van der Waals surface area contributed by atoms with Crippen molar-refractivity contribution >= 4 is 17.1 Å². The highest BCUT2D eigenvalue weighted by atomic mass is 16.6. The van der Waals surface area contributed by atoms with Crippen molar-refractivity contribution in [2.75, 3.05) is 11.6 Å². The fourth-order valence-electron chi connectivity index (χ4n) is 1.78. The van der Waals surface area contributed by atoms with Gasteiger partial charge >= 0.3 is 5.69 Å². The molecule has 0 amide bonds. The van der Waals surface area contributed by atoms with Crippen LogP contribution in [0.4, 0.5) is 17.1 Å². The molecule has 1 aromatic carbocycles. The number of benzene rings is 1. The largest absolute Gasteiger partial charge is 0.304 e. The van der Waals surface area contributed by atoms with Crippen molar-refractivity contribution in [3.8, 4) is 0 Å². The van der Waals surface area contributed by atoms with Gasteiger partial charge in [-0.3, -0.25) is 20.2 Å². The van der Waals surface area contributed by atoms with Gasteiger partial charge in [-0.25, -0.2) is 5.84 Å². The molecule has 1 aliphatic heterocycles. The van der Waals surface area contributed by atoms with Gasteiger partial charge in [-0.05, 0) is 12.0 Å². The molecular formula is C8H8N4O4. The first-order valence-corrected chi connectivity index (χ1v) is 4.48. The van der Waals surface area contributed by atoms with Gasteiger partial charge in [0, 0.05) is 12.6 Å². The van der Waals surface area contributed by atoms with Crippen molar-refractivity contribution in [2.24, 2.45) is 5.84 Å². The summed E-state index contributed by atoms with van der Waals surface area (Å²) in [5.41, 5.74) is 0.226. The summed E-state index contributed by atoms with van der Waals surface area (Å²) in [6.07, 6.45) is 0.481. The van der Waals surface area contributed by atoms with E-state index in [1.54, 1.807) is 0 Å². The molecule has 0 fully saturated rings. The first-order valence-electron chi connectivity index (χ1n) is 4.48. The van der Waals surface area contributed by atoms with Gasteiger partial charge in [0.25, 0.3) is 5.69 Å². The fourth-order valence-corrected chi connectivity index (χ4v) is 1.78. The van der Waals surface area contributed by atoms with Crippen molar-refractivity contribution in [1.82, 2.24) is 0 Å². The molecule has 1 heterocycles. The molecule has 8 heteroatoms. The Bertz CT molecular complexity index is 487. The monoisotopic (exact) mass is 224 g/mol. The van der Waals surface area contributed by atoms with Gasteiger partial charge in [0.15, 0.2) is 0 Å². The molecule has 8 nitrogen and oxygen atoms in total. The standard InChI is InChI=1S/C8H8N4O4/c9-10-2-1-5-3-6(11(13)14)4-7(8(5)10)12(15)16/h3-4H,1-2,9H2. The number of hydrogen-bond acceptors (Lipinski definition) is 6. The van der Waals surface area contributed by atoms with Crippen molar-refractivity contribution in [2.45, 2.75) is 6.42 Å². The molecule has 0 bridgehead atoms. The van der Waals surface area contributed by atoms with Crippen molar-refractivity contribution < 1.29 is 9.85 Å². The molecule has 84 valence electrons. The molecule has 0 atom stereocenters. The lowest BCUT2D eigenvalue weighted by molar-refractivity contribution is -0.393. The third-order valence-corrected chi connectivity index (χ3v) is 2.47. The summed E-state index contributed by atoms with van der Waals surface area (Å²) < 4.78 is 0. The van der Waals surface area contributed by atoms with Crippen LogP contribution >= 0.6 is 0 Å². The zero-order valence-electron chi connectivity index (χ0n) is 8.12. The molecule has 0 spiro atoms. The lowest BCUT2D eigenvalue weighted by Crippen LogP contribution is -2.28. The molecular weight excluding hydrogens is 216 g/mol. The van der Waals surface area contributed by atoms with E-state index in [1.165, 1.54) is 11.1 Å². The molecule has 2 rings (SSSR count). The lowest BCUT2D eigenvalue weighted by atomic mass is 10.1. The molecule has 1 aromatic rings. The number of fused-ring (bicyclic) bond motifs is 1. The topological polar surface area (TPSA) is 116 Å². The lowest BCUT2D eigenvalue weighted by Gasteiger charge is -2.10. The van der Waals surface area contributed by atoms with Crippen molar-refractivity contribution in [3.63, 3.8) is 0 Å². The van der Waals surface area contributed by atoms with Crippen LogP contribution in [0.15, 0.2) is 12.1 Å². The van der Waals surface area contributed by atoms with Gasteiger partial charge < -0.3 is 5.01 Å². The van der Waals surface area contributed by atoms with Gasteiger partial charge in [0.2, 0.25) is 0 Å². The highest BCUT2D eigenvalue weighted by Crippen LogP contribution is 2.38. The minimum absolute atomic E-state index is 0.274. The Morgan fingerprint density at radius 1 is 1.25 bits per heavy atom. The Morgan fingerprint density at radius 2 is 1.94 bits per heavy atom. The van der Waals surface area contributed by atoms with E-state index < -0.39 is 9.85 Å². The third kappa shape index (κ3) is 1.44. The summed E-state index contributed by atoms with van der Waals surface area (Å²) in [5, 5.41) is 22.6. The molecule has 1 aliphatic rings. The average molecular weight is 224 g/mol. The molecule has 16 heavy (non-hydrogen) atoms. The highest BCUT2D eigenvalue weighted by molar-refractivity contribution is 5.73. The summed E-state index contributed by atoms with van der Waals surface area (Å²) in [6.45, 7) is 0.428. The molecule has 0 aliphatic carbocycles. The van der Waals surface area contributed by atoms with Crippen molar-refractivity contribution in [1.29, 1.82) is 0 Å². The van der Waals surface area contributed by atoms with Crippen LogP contribution in [0, 0.1) is 20.2 Å². The Morgan fingerprint density at radius 3 is 2.50 bits per heavy atom. The molecule has 0 saturated carbocycles. The number of hydrazine groups is 1. The minimum Gasteiger partial charge on any atom is -0.304 e. The molecule has 0 aromatic heterocycles. The second-order valence-electron chi connectivity index (χ2n) is 3.43. The summed E-state index contributed by atoms with van der Waals surface area (Å²) in [6, 6.07) is 2.26.